The van der Waals surface area contributed by atoms with Gasteiger partial charge >= 0.3 is 0 Å². The summed E-state index contributed by atoms with van der Waals surface area (Å²) in [6.07, 6.45) is 2.30. The Hall–Kier alpha value is -2.41. The van der Waals surface area contributed by atoms with Gasteiger partial charge in [0.1, 0.15) is 5.75 Å². The van der Waals surface area contributed by atoms with Crippen molar-refractivity contribution in [3.63, 3.8) is 0 Å². The van der Waals surface area contributed by atoms with E-state index in [2.05, 4.69) is 21.6 Å². The van der Waals surface area contributed by atoms with E-state index in [9.17, 15) is 4.79 Å². The molecule has 1 fully saturated rings. The molecule has 6 nitrogen and oxygen atoms in total. The van der Waals surface area contributed by atoms with Crippen LogP contribution in [0.25, 0.3) is 0 Å². The van der Waals surface area contributed by atoms with Crippen LogP contribution in [0.2, 0.25) is 0 Å². The van der Waals surface area contributed by atoms with Crippen LogP contribution in [0.3, 0.4) is 0 Å². The monoisotopic (exact) mass is 397 g/mol. The molecule has 0 aromatic heterocycles. The van der Waals surface area contributed by atoms with Crippen molar-refractivity contribution in [1.29, 1.82) is 0 Å². The molecule has 6 heteroatoms. The number of anilines is 1. The van der Waals surface area contributed by atoms with Gasteiger partial charge in [0.25, 0.3) is 5.91 Å². The van der Waals surface area contributed by atoms with Crippen molar-refractivity contribution in [1.82, 2.24) is 10.2 Å². The van der Waals surface area contributed by atoms with Crippen molar-refractivity contribution in [2.45, 2.75) is 25.4 Å². The fourth-order valence-electron chi connectivity index (χ4n) is 3.55. The summed E-state index contributed by atoms with van der Waals surface area (Å²) in [5.74, 6) is 0.611. The van der Waals surface area contributed by atoms with Crippen molar-refractivity contribution >= 4 is 11.6 Å². The molecule has 0 unspecified atom stereocenters. The van der Waals surface area contributed by atoms with Crippen molar-refractivity contribution in [2.75, 3.05) is 45.8 Å². The Kier molecular flexibility index (Phi) is 8.04. The maximum atomic E-state index is 12.5. The van der Waals surface area contributed by atoms with Gasteiger partial charge in [-0.1, -0.05) is 12.1 Å². The highest BCUT2D eigenvalue weighted by Gasteiger charge is 2.18. The second kappa shape index (κ2) is 11.0. The molecule has 0 atom stereocenters. The molecule has 1 aliphatic heterocycles. The smallest absolute Gasteiger partial charge is 0.255 e. The Labute approximate surface area is 173 Å². The number of rotatable bonds is 9. The van der Waals surface area contributed by atoms with Gasteiger partial charge in [0.2, 0.25) is 0 Å². The standard InChI is InChI=1S/C23H31N3O3/c1-28-15-14-26-12-10-20(11-13-26)24-17-18-4-3-5-21(16-18)25-23(27)19-6-8-22(29-2)9-7-19/h3-9,16,20,24H,10-15,17H2,1-2H3,(H,25,27). The molecule has 1 saturated heterocycles. The summed E-state index contributed by atoms with van der Waals surface area (Å²) in [6.45, 7) is 4.83. The van der Waals surface area contributed by atoms with E-state index in [1.165, 1.54) is 5.56 Å². The van der Waals surface area contributed by atoms with Crippen LogP contribution in [-0.2, 0) is 11.3 Å². The lowest BCUT2D eigenvalue weighted by Crippen LogP contribution is -2.43. The third-order valence-electron chi connectivity index (χ3n) is 5.33. The van der Waals surface area contributed by atoms with Crippen LogP contribution in [0.1, 0.15) is 28.8 Å². The maximum absolute atomic E-state index is 12.5. The highest BCUT2D eigenvalue weighted by Crippen LogP contribution is 2.16. The summed E-state index contributed by atoms with van der Waals surface area (Å²) in [7, 11) is 3.36. The molecule has 1 heterocycles. The number of methoxy groups -OCH3 is 2. The van der Waals surface area contributed by atoms with E-state index in [4.69, 9.17) is 9.47 Å². The molecule has 0 aliphatic carbocycles. The number of piperidine rings is 1. The molecule has 2 aromatic rings. The number of nitrogens with one attached hydrogen (secondary N) is 2. The molecule has 2 N–H and O–H groups in total. The first-order chi connectivity index (χ1) is 14.2. The summed E-state index contributed by atoms with van der Waals surface area (Å²) < 4.78 is 10.3. The molecule has 156 valence electrons. The Morgan fingerprint density at radius 1 is 1.10 bits per heavy atom. The van der Waals surface area contributed by atoms with E-state index in [0.717, 1.165) is 57.1 Å². The summed E-state index contributed by atoms with van der Waals surface area (Å²) >= 11 is 0. The Morgan fingerprint density at radius 2 is 1.86 bits per heavy atom. The quantitative estimate of drug-likeness (QED) is 0.681. The van der Waals surface area contributed by atoms with Crippen molar-refractivity contribution in [2.24, 2.45) is 0 Å². The van der Waals surface area contributed by atoms with Gasteiger partial charge in [-0.3, -0.25) is 4.79 Å². The topological polar surface area (TPSA) is 62.8 Å². The van der Waals surface area contributed by atoms with Crippen molar-refractivity contribution < 1.29 is 14.3 Å². The van der Waals surface area contributed by atoms with E-state index >= 15 is 0 Å². The van der Waals surface area contributed by atoms with E-state index in [1.54, 1.807) is 38.5 Å². The molecule has 29 heavy (non-hydrogen) atoms. The van der Waals surface area contributed by atoms with Crippen LogP contribution in [0.5, 0.6) is 5.75 Å². The van der Waals surface area contributed by atoms with Gasteiger partial charge in [0.15, 0.2) is 0 Å². The number of ether oxygens (including phenoxy) is 2. The average molecular weight is 398 g/mol. The zero-order chi connectivity index (χ0) is 20.5. The lowest BCUT2D eigenvalue weighted by Gasteiger charge is -2.32. The molecule has 3 rings (SSSR count). The van der Waals surface area contributed by atoms with Gasteiger partial charge in [0.05, 0.1) is 13.7 Å². The normalized spacial score (nSPS) is 15.2. The van der Waals surface area contributed by atoms with Gasteiger partial charge in [0, 0.05) is 37.5 Å². The predicted molar refractivity (Wildman–Crippen MR) is 116 cm³/mol. The second-order valence-corrected chi connectivity index (χ2v) is 7.37. The first kappa shape index (κ1) is 21.3. The summed E-state index contributed by atoms with van der Waals surface area (Å²) in [5, 5.41) is 6.63. The van der Waals surface area contributed by atoms with E-state index < -0.39 is 0 Å². The van der Waals surface area contributed by atoms with Gasteiger partial charge in [-0.15, -0.1) is 0 Å². The van der Waals surface area contributed by atoms with E-state index in [-0.39, 0.29) is 5.91 Å². The number of carbonyl (C=O) groups excluding carboxylic acids is 1. The number of amides is 1. The molecule has 1 aliphatic rings. The number of carbonyl (C=O) groups is 1. The zero-order valence-corrected chi connectivity index (χ0v) is 17.3. The number of benzene rings is 2. The molecule has 0 bridgehead atoms. The van der Waals surface area contributed by atoms with Crippen molar-refractivity contribution in [3.8, 4) is 5.75 Å². The first-order valence-electron chi connectivity index (χ1n) is 10.2. The van der Waals surface area contributed by atoms with Crippen LogP contribution in [-0.4, -0.2) is 57.3 Å². The maximum Gasteiger partial charge on any atom is 0.255 e. The molecule has 0 radical (unpaired) electrons. The molecule has 2 aromatic carbocycles. The largest absolute Gasteiger partial charge is 0.497 e. The molecular weight excluding hydrogens is 366 g/mol. The fraction of sp³-hybridized carbons (Fsp3) is 0.435. The number of nitrogens with zero attached hydrogens (tertiary/aromatic N) is 1. The van der Waals surface area contributed by atoms with Crippen LogP contribution >= 0.6 is 0 Å². The first-order valence-corrected chi connectivity index (χ1v) is 10.2. The molecule has 0 spiro atoms. The highest BCUT2D eigenvalue weighted by atomic mass is 16.5. The lowest BCUT2D eigenvalue weighted by atomic mass is 10.0. The Morgan fingerprint density at radius 3 is 2.55 bits per heavy atom. The Balaban J connectivity index is 1.47. The van der Waals surface area contributed by atoms with E-state index in [1.807, 2.05) is 18.2 Å². The van der Waals surface area contributed by atoms with Crippen LogP contribution in [0.15, 0.2) is 48.5 Å². The summed E-state index contributed by atoms with van der Waals surface area (Å²) in [4.78, 5) is 14.9. The van der Waals surface area contributed by atoms with Crippen LogP contribution in [0.4, 0.5) is 5.69 Å². The molecule has 0 saturated carbocycles. The van der Waals surface area contributed by atoms with Gasteiger partial charge in [-0.25, -0.2) is 0 Å². The fourth-order valence-corrected chi connectivity index (χ4v) is 3.55. The van der Waals surface area contributed by atoms with Gasteiger partial charge in [-0.05, 0) is 67.9 Å². The minimum atomic E-state index is -0.124. The molecular formula is C23H31N3O3. The third kappa shape index (κ3) is 6.56. The van der Waals surface area contributed by atoms with Crippen LogP contribution in [0, 0.1) is 0 Å². The molecule has 1 amide bonds. The number of hydrogen-bond acceptors (Lipinski definition) is 5. The van der Waals surface area contributed by atoms with E-state index in [0.29, 0.717) is 11.6 Å². The zero-order valence-electron chi connectivity index (χ0n) is 17.3. The average Bonchev–Trinajstić information content (AvgIpc) is 2.77. The van der Waals surface area contributed by atoms with Gasteiger partial charge in [-0.2, -0.15) is 0 Å². The highest BCUT2D eigenvalue weighted by molar-refractivity contribution is 6.04. The predicted octanol–water partition coefficient (Wildman–Crippen LogP) is 3.15. The lowest BCUT2D eigenvalue weighted by molar-refractivity contribution is 0.102. The van der Waals surface area contributed by atoms with Crippen molar-refractivity contribution in [3.05, 3.63) is 59.7 Å². The van der Waals surface area contributed by atoms with Crippen LogP contribution < -0.4 is 15.4 Å². The Bertz CT molecular complexity index is 771. The van der Waals surface area contributed by atoms with Gasteiger partial charge < -0.3 is 25.0 Å². The third-order valence-corrected chi connectivity index (χ3v) is 5.33. The minimum Gasteiger partial charge on any atom is -0.497 e. The second-order valence-electron chi connectivity index (χ2n) is 7.37. The number of hydrogen-bond donors (Lipinski definition) is 2. The SMILES string of the molecule is COCCN1CCC(NCc2cccc(NC(=O)c3ccc(OC)cc3)c2)CC1. The minimum absolute atomic E-state index is 0.124. The summed E-state index contributed by atoms with van der Waals surface area (Å²) in [6, 6.07) is 15.6. The number of likely N-dealkylation sites (tertiary alicyclic amines) is 1. The summed E-state index contributed by atoms with van der Waals surface area (Å²) in [5.41, 5.74) is 2.58.